The minimum absolute atomic E-state index is 0.0163. The molecule has 0 spiro atoms. The molecule has 0 saturated carbocycles. The summed E-state index contributed by atoms with van der Waals surface area (Å²) >= 11 is 17.6. The van der Waals surface area contributed by atoms with Crippen molar-refractivity contribution in [3.63, 3.8) is 0 Å². The van der Waals surface area contributed by atoms with Crippen molar-refractivity contribution in [2.45, 2.75) is 6.92 Å². The minimum atomic E-state index is -0.585. The van der Waals surface area contributed by atoms with Gasteiger partial charge in [0.1, 0.15) is 10.0 Å². The van der Waals surface area contributed by atoms with Crippen LogP contribution < -0.4 is 16.1 Å². The van der Waals surface area contributed by atoms with Gasteiger partial charge in [0.2, 0.25) is 0 Å². The third-order valence-corrected chi connectivity index (χ3v) is 3.97. The molecule has 1 aromatic heterocycles. The predicted octanol–water partition coefficient (Wildman–Crippen LogP) is 3.12. The normalized spacial score (nSPS) is 10.9. The number of hydrogen-bond acceptors (Lipinski definition) is 3. The van der Waals surface area contributed by atoms with Gasteiger partial charge in [-0.15, -0.1) is 0 Å². The first kappa shape index (κ1) is 16.5. The highest BCUT2D eigenvalue weighted by atomic mass is 35.5. The van der Waals surface area contributed by atoms with Gasteiger partial charge in [-0.05, 0) is 24.1 Å². The number of aryl methyl sites for hydroxylation is 1. The molecule has 0 aliphatic carbocycles. The van der Waals surface area contributed by atoms with E-state index in [-0.39, 0.29) is 26.6 Å². The zero-order chi connectivity index (χ0) is 16.3. The van der Waals surface area contributed by atoms with E-state index in [0.29, 0.717) is 0 Å². The largest absolute Gasteiger partial charge is 0.396 e. The molecule has 4 N–H and O–H groups in total. The molecule has 5 nitrogen and oxygen atoms in total. The van der Waals surface area contributed by atoms with Crippen molar-refractivity contribution in [2.75, 3.05) is 5.73 Å². The standard InChI is InChI=1S/C14H11Cl3N4O/c1-7-2-4-8(5-3-7)6-19-21-14(22)12-9(15)11(18)10(16)13(17)20-12/h2-6H,1H3,(H2,18,20)(H,21,22)/p+1/b19-6+. The van der Waals surface area contributed by atoms with Crippen LogP contribution >= 0.6 is 34.8 Å². The van der Waals surface area contributed by atoms with Crippen LogP contribution in [0, 0.1) is 6.92 Å². The van der Waals surface area contributed by atoms with Gasteiger partial charge >= 0.3 is 5.91 Å². The summed E-state index contributed by atoms with van der Waals surface area (Å²) in [6.45, 7) is 1.98. The van der Waals surface area contributed by atoms with Crippen LogP contribution in [-0.2, 0) is 0 Å². The number of carbonyl (C=O) groups excluding carboxylic acids is 1. The van der Waals surface area contributed by atoms with E-state index in [0.717, 1.165) is 11.1 Å². The van der Waals surface area contributed by atoms with Crippen molar-refractivity contribution in [2.24, 2.45) is 5.10 Å². The number of carbonyl (C=O) groups is 1. The number of aromatic amines is 1. The minimum Gasteiger partial charge on any atom is -0.396 e. The lowest BCUT2D eigenvalue weighted by Gasteiger charge is -2.02. The van der Waals surface area contributed by atoms with Gasteiger partial charge in [-0.25, -0.2) is 5.43 Å². The van der Waals surface area contributed by atoms with Crippen LogP contribution in [0.5, 0.6) is 0 Å². The lowest BCUT2D eigenvalue weighted by atomic mass is 10.2. The van der Waals surface area contributed by atoms with Gasteiger partial charge in [0.15, 0.2) is 0 Å². The first-order valence-corrected chi connectivity index (χ1v) is 7.29. The third kappa shape index (κ3) is 3.68. The Morgan fingerprint density at radius 2 is 1.86 bits per heavy atom. The highest BCUT2D eigenvalue weighted by Gasteiger charge is 2.25. The van der Waals surface area contributed by atoms with E-state index in [4.69, 9.17) is 40.5 Å². The second kappa shape index (κ2) is 6.96. The van der Waals surface area contributed by atoms with Crippen LogP contribution in [-0.4, -0.2) is 12.1 Å². The van der Waals surface area contributed by atoms with Gasteiger partial charge in [-0.2, -0.15) is 10.1 Å². The number of halogens is 3. The summed E-state index contributed by atoms with van der Waals surface area (Å²) in [4.78, 5) is 14.6. The van der Waals surface area contributed by atoms with Crippen molar-refractivity contribution < 1.29 is 9.78 Å². The Kier molecular flexibility index (Phi) is 5.24. The molecule has 0 saturated heterocycles. The van der Waals surface area contributed by atoms with Crippen LogP contribution in [0.2, 0.25) is 15.2 Å². The maximum absolute atomic E-state index is 12.0. The topological polar surface area (TPSA) is 81.6 Å². The van der Waals surface area contributed by atoms with Gasteiger partial charge in [-0.3, -0.25) is 4.79 Å². The van der Waals surface area contributed by atoms with E-state index >= 15 is 0 Å². The van der Waals surface area contributed by atoms with Gasteiger partial charge < -0.3 is 5.73 Å². The van der Waals surface area contributed by atoms with E-state index in [1.54, 1.807) is 0 Å². The molecule has 0 unspecified atom stereocenters. The molecule has 0 atom stereocenters. The number of H-pyrrole nitrogens is 1. The molecule has 2 aromatic rings. The van der Waals surface area contributed by atoms with Crippen molar-refractivity contribution in [1.82, 2.24) is 5.43 Å². The Hall–Kier alpha value is -1.82. The Bertz CT molecular complexity index is 745. The molecule has 8 heteroatoms. The molecule has 22 heavy (non-hydrogen) atoms. The third-order valence-electron chi connectivity index (χ3n) is 2.80. The fourth-order valence-corrected chi connectivity index (χ4v) is 2.21. The molecule has 0 aliphatic heterocycles. The Morgan fingerprint density at radius 1 is 1.23 bits per heavy atom. The van der Waals surface area contributed by atoms with E-state index in [1.165, 1.54) is 6.21 Å². The van der Waals surface area contributed by atoms with Gasteiger partial charge in [0, 0.05) is 0 Å². The molecular formula is C14H12Cl3N4O+. The summed E-state index contributed by atoms with van der Waals surface area (Å²) in [5.74, 6) is -0.585. The number of hydrazone groups is 1. The van der Waals surface area contributed by atoms with Crippen LogP contribution in [0.15, 0.2) is 29.4 Å². The number of nitrogen functional groups attached to an aromatic ring is 1. The zero-order valence-electron chi connectivity index (χ0n) is 11.5. The zero-order valence-corrected chi connectivity index (χ0v) is 13.7. The molecule has 0 radical (unpaired) electrons. The van der Waals surface area contributed by atoms with Crippen molar-refractivity contribution in [1.29, 1.82) is 0 Å². The SMILES string of the molecule is Cc1ccc(/C=N/NC(=O)c2[nH+]c(Cl)c(Cl)c(N)c2Cl)cc1. The molecule has 1 amide bonds. The molecule has 2 rings (SSSR count). The summed E-state index contributed by atoms with van der Waals surface area (Å²) in [5.41, 5.74) is 9.99. The number of nitrogens with zero attached hydrogens (tertiary/aromatic N) is 1. The molecule has 114 valence electrons. The summed E-state index contributed by atoms with van der Waals surface area (Å²) in [6, 6.07) is 7.63. The fourth-order valence-electron chi connectivity index (χ4n) is 1.60. The van der Waals surface area contributed by atoms with Crippen molar-refractivity contribution in [3.8, 4) is 0 Å². The highest BCUT2D eigenvalue weighted by Crippen LogP contribution is 2.31. The van der Waals surface area contributed by atoms with Gasteiger partial charge in [0.25, 0.3) is 10.8 Å². The number of pyridine rings is 1. The van der Waals surface area contributed by atoms with E-state index in [1.807, 2.05) is 31.2 Å². The number of rotatable bonds is 3. The maximum Gasteiger partial charge on any atom is 0.337 e. The number of anilines is 1. The van der Waals surface area contributed by atoms with Crippen LogP contribution in [0.3, 0.4) is 0 Å². The average molecular weight is 359 g/mol. The molecule has 0 bridgehead atoms. The monoisotopic (exact) mass is 357 g/mol. The second-order valence-corrected chi connectivity index (χ2v) is 5.60. The number of nitrogens with two attached hydrogens (primary N) is 1. The highest BCUT2D eigenvalue weighted by molar-refractivity contribution is 6.45. The summed E-state index contributed by atoms with van der Waals surface area (Å²) in [7, 11) is 0. The van der Waals surface area contributed by atoms with Crippen LogP contribution in [0.4, 0.5) is 5.69 Å². The first-order chi connectivity index (χ1) is 10.4. The van der Waals surface area contributed by atoms with Gasteiger partial charge in [-0.1, -0.05) is 53.0 Å². The molecular weight excluding hydrogens is 347 g/mol. The molecule has 1 heterocycles. The lowest BCUT2D eigenvalue weighted by molar-refractivity contribution is -0.379. The number of hydrogen-bond donors (Lipinski definition) is 2. The number of benzene rings is 1. The Morgan fingerprint density at radius 3 is 2.50 bits per heavy atom. The van der Waals surface area contributed by atoms with E-state index < -0.39 is 5.91 Å². The van der Waals surface area contributed by atoms with E-state index in [9.17, 15) is 4.79 Å². The smallest absolute Gasteiger partial charge is 0.337 e. The Labute approximate surface area is 142 Å². The number of amides is 1. The number of nitrogens with one attached hydrogen (secondary N) is 2. The number of aromatic nitrogens is 1. The molecule has 0 fully saturated rings. The first-order valence-electron chi connectivity index (χ1n) is 6.15. The summed E-state index contributed by atoms with van der Waals surface area (Å²) in [5, 5.41) is 3.92. The average Bonchev–Trinajstić information content (AvgIpc) is 2.50. The Balaban J connectivity index is 2.15. The second-order valence-electron chi connectivity index (χ2n) is 4.47. The molecule has 0 aliphatic rings. The van der Waals surface area contributed by atoms with Crippen LogP contribution in [0.1, 0.15) is 21.6 Å². The quantitative estimate of drug-likeness (QED) is 0.502. The fraction of sp³-hybridized carbons (Fsp3) is 0.0714. The van der Waals surface area contributed by atoms with Gasteiger partial charge in [0.05, 0.1) is 11.9 Å². The lowest BCUT2D eigenvalue weighted by Crippen LogP contribution is -2.28. The maximum atomic E-state index is 12.0. The summed E-state index contributed by atoms with van der Waals surface area (Å²) < 4.78 is 0. The van der Waals surface area contributed by atoms with Crippen molar-refractivity contribution >= 4 is 52.6 Å². The summed E-state index contributed by atoms with van der Waals surface area (Å²) in [6.07, 6.45) is 1.51. The van der Waals surface area contributed by atoms with Crippen LogP contribution in [0.25, 0.3) is 0 Å². The predicted molar refractivity (Wildman–Crippen MR) is 88.7 cm³/mol. The molecule has 1 aromatic carbocycles. The van der Waals surface area contributed by atoms with Crippen molar-refractivity contribution in [3.05, 3.63) is 56.3 Å². The van der Waals surface area contributed by atoms with E-state index in [2.05, 4.69) is 15.5 Å².